The van der Waals surface area contributed by atoms with Crippen molar-refractivity contribution in [3.63, 3.8) is 0 Å². The predicted octanol–water partition coefficient (Wildman–Crippen LogP) is 2.95. The number of hydrogen-bond acceptors (Lipinski definition) is 3. The van der Waals surface area contributed by atoms with Crippen molar-refractivity contribution >= 4 is 0 Å². The van der Waals surface area contributed by atoms with Crippen molar-refractivity contribution in [2.45, 2.75) is 18.8 Å². The molecule has 1 aliphatic heterocycles. The Kier molecular flexibility index (Phi) is 3.11. The first-order valence-electron chi connectivity index (χ1n) is 6.26. The van der Waals surface area contributed by atoms with Gasteiger partial charge in [-0.25, -0.2) is 4.39 Å². The normalized spacial score (nSPS) is 19.9. The molecule has 2 aromatic rings. The van der Waals surface area contributed by atoms with Crippen molar-refractivity contribution in [3.05, 3.63) is 42.0 Å². The van der Waals surface area contributed by atoms with E-state index in [1.54, 1.807) is 18.3 Å². The van der Waals surface area contributed by atoms with Crippen LogP contribution in [0.3, 0.4) is 0 Å². The van der Waals surface area contributed by atoms with Crippen LogP contribution < -0.4 is 5.32 Å². The Bertz CT molecular complexity index is 532. The minimum Gasteiger partial charge on any atom is -0.360 e. The molecule has 2 heterocycles. The maximum atomic E-state index is 13.8. The van der Waals surface area contributed by atoms with Crippen LogP contribution in [0, 0.1) is 5.82 Å². The summed E-state index contributed by atoms with van der Waals surface area (Å²) in [4.78, 5) is 0. The number of benzene rings is 1. The van der Waals surface area contributed by atoms with Crippen molar-refractivity contribution in [2.24, 2.45) is 0 Å². The third-order valence-corrected chi connectivity index (χ3v) is 3.43. The van der Waals surface area contributed by atoms with Crippen LogP contribution in [0.15, 0.2) is 35.0 Å². The third-order valence-electron chi connectivity index (χ3n) is 3.43. The summed E-state index contributed by atoms with van der Waals surface area (Å²) in [6.45, 7) is 1.91. The predicted molar refractivity (Wildman–Crippen MR) is 66.7 cm³/mol. The summed E-state index contributed by atoms with van der Waals surface area (Å²) in [7, 11) is 0. The van der Waals surface area contributed by atoms with E-state index in [2.05, 4.69) is 10.5 Å². The maximum Gasteiger partial charge on any atom is 0.148 e. The molecule has 1 fully saturated rings. The second kappa shape index (κ2) is 4.90. The summed E-state index contributed by atoms with van der Waals surface area (Å²) >= 11 is 0. The molecule has 0 spiro atoms. The lowest BCUT2D eigenvalue weighted by Gasteiger charge is -2.21. The summed E-state index contributed by atoms with van der Waals surface area (Å²) in [6.07, 6.45) is 3.79. The van der Waals surface area contributed by atoms with Crippen LogP contribution in [-0.2, 0) is 0 Å². The van der Waals surface area contributed by atoms with E-state index >= 15 is 0 Å². The number of halogens is 1. The van der Waals surface area contributed by atoms with Crippen LogP contribution in [0.1, 0.15) is 24.5 Å². The molecule has 4 heteroatoms. The molecule has 1 atom stereocenters. The van der Waals surface area contributed by atoms with Gasteiger partial charge in [-0.3, -0.25) is 0 Å². The molecule has 1 aromatic carbocycles. The van der Waals surface area contributed by atoms with Crippen LogP contribution in [0.5, 0.6) is 0 Å². The van der Waals surface area contributed by atoms with Gasteiger partial charge in [-0.15, -0.1) is 0 Å². The zero-order valence-corrected chi connectivity index (χ0v) is 10.0. The highest BCUT2D eigenvalue weighted by Crippen LogP contribution is 2.33. The van der Waals surface area contributed by atoms with Gasteiger partial charge in [-0.1, -0.05) is 23.4 Å². The lowest BCUT2D eigenvalue weighted by Crippen LogP contribution is -2.28. The first-order chi connectivity index (χ1) is 8.86. The van der Waals surface area contributed by atoms with E-state index in [1.807, 2.05) is 6.07 Å². The van der Waals surface area contributed by atoms with E-state index in [-0.39, 0.29) is 11.7 Å². The number of aromatic nitrogens is 1. The number of hydrogen-bond donors (Lipinski definition) is 1. The van der Waals surface area contributed by atoms with E-state index in [0.717, 1.165) is 37.3 Å². The molecule has 3 rings (SSSR count). The Labute approximate surface area is 105 Å². The van der Waals surface area contributed by atoms with Gasteiger partial charge in [0.2, 0.25) is 0 Å². The number of nitrogens with one attached hydrogen (secondary N) is 1. The summed E-state index contributed by atoms with van der Waals surface area (Å²) < 4.78 is 19.2. The molecule has 1 unspecified atom stereocenters. The van der Waals surface area contributed by atoms with Gasteiger partial charge in [0.1, 0.15) is 11.6 Å². The highest BCUT2D eigenvalue weighted by atomic mass is 19.1. The SMILES string of the molecule is Fc1ccccc1-c1cnoc1C1CCCNC1. The molecule has 3 nitrogen and oxygen atoms in total. The second-order valence-corrected chi connectivity index (χ2v) is 4.63. The standard InChI is InChI=1S/C14H15FN2O/c15-13-6-2-1-5-11(13)12-9-17-18-14(12)10-4-3-7-16-8-10/h1-2,5-6,9-10,16H,3-4,7-8H2. The first-order valence-corrected chi connectivity index (χ1v) is 6.26. The molecule has 0 aliphatic carbocycles. The Balaban J connectivity index is 1.98. The number of piperidine rings is 1. The Morgan fingerprint density at radius 3 is 2.94 bits per heavy atom. The van der Waals surface area contributed by atoms with Gasteiger partial charge in [-0.2, -0.15) is 0 Å². The van der Waals surface area contributed by atoms with E-state index in [1.165, 1.54) is 6.07 Å². The molecule has 1 N–H and O–H groups in total. The van der Waals surface area contributed by atoms with Gasteiger partial charge in [0.15, 0.2) is 0 Å². The average Bonchev–Trinajstić information content (AvgIpc) is 2.89. The smallest absolute Gasteiger partial charge is 0.148 e. The Morgan fingerprint density at radius 1 is 1.28 bits per heavy atom. The van der Waals surface area contributed by atoms with Gasteiger partial charge >= 0.3 is 0 Å². The van der Waals surface area contributed by atoms with Crippen molar-refractivity contribution in [1.29, 1.82) is 0 Å². The third kappa shape index (κ3) is 2.04. The minimum absolute atomic E-state index is 0.231. The zero-order chi connectivity index (χ0) is 12.4. The van der Waals surface area contributed by atoms with Gasteiger partial charge < -0.3 is 9.84 Å². The van der Waals surface area contributed by atoms with Crippen LogP contribution in [0.4, 0.5) is 4.39 Å². The summed E-state index contributed by atoms with van der Waals surface area (Å²) in [6, 6.07) is 6.75. The van der Waals surface area contributed by atoms with Crippen LogP contribution in [0.2, 0.25) is 0 Å². The maximum absolute atomic E-state index is 13.8. The number of rotatable bonds is 2. The summed E-state index contributed by atoms with van der Waals surface area (Å²) in [5.41, 5.74) is 1.35. The summed E-state index contributed by atoms with van der Waals surface area (Å²) in [5, 5.41) is 7.18. The van der Waals surface area contributed by atoms with Crippen LogP contribution in [-0.4, -0.2) is 18.2 Å². The fourth-order valence-corrected chi connectivity index (χ4v) is 2.50. The molecule has 1 aliphatic rings. The highest BCUT2D eigenvalue weighted by molar-refractivity contribution is 5.65. The lowest BCUT2D eigenvalue weighted by atomic mass is 9.92. The number of nitrogens with zero attached hydrogens (tertiary/aromatic N) is 1. The molecule has 0 bridgehead atoms. The van der Waals surface area contributed by atoms with Crippen molar-refractivity contribution in [3.8, 4) is 11.1 Å². The topological polar surface area (TPSA) is 38.1 Å². The largest absolute Gasteiger partial charge is 0.360 e. The monoisotopic (exact) mass is 246 g/mol. The van der Waals surface area contributed by atoms with Crippen LogP contribution >= 0.6 is 0 Å². The Hall–Kier alpha value is -1.68. The molecule has 1 aromatic heterocycles. The molecule has 0 radical (unpaired) electrons. The molecule has 94 valence electrons. The molecular formula is C14H15FN2O. The van der Waals surface area contributed by atoms with E-state index < -0.39 is 0 Å². The Morgan fingerprint density at radius 2 is 2.17 bits per heavy atom. The van der Waals surface area contributed by atoms with E-state index in [9.17, 15) is 4.39 Å². The van der Waals surface area contributed by atoms with Gasteiger partial charge in [0, 0.05) is 23.6 Å². The first kappa shape index (κ1) is 11.4. The molecule has 0 saturated carbocycles. The molecule has 18 heavy (non-hydrogen) atoms. The highest BCUT2D eigenvalue weighted by Gasteiger charge is 2.24. The average molecular weight is 246 g/mol. The van der Waals surface area contributed by atoms with Crippen molar-refractivity contribution < 1.29 is 8.91 Å². The quantitative estimate of drug-likeness (QED) is 0.885. The lowest BCUT2D eigenvalue weighted by molar-refractivity contribution is 0.330. The zero-order valence-electron chi connectivity index (χ0n) is 10.0. The molecular weight excluding hydrogens is 231 g/mol. The van der Waals surface area contributed by atoms with Gasteiger partial charge in [-0.05, 0) is 25.5 Å². The van der Waals surface area contributed by atoms with E-state index in [4.69, 9.17) is 4.52 Å². The second-order valence-electron chi connectivity index (χ2n) is 4.63. The van der Waals surface area contributed by atoms with E-state index in [0.29, 0.717) is 5.56 Å². The van der Waals surface area contributed by atoms with Gasteiger partial charge in [0.25, 0.3) is 0 Å². The summed E-state index contributed by atoms with van der Waals surface area (Å²) in [5.74, 6) is 0.855. The minimum atomic E-state index is -0.231. The van der Waals surface area contributed by atoms with Crippen molar-refractivity contribution in [1.82, 2.24) is 10.5 Å². The van der Waals surface area contributed by atoms with Crippen molar-refractivity contribution in [2.75, 3.05) is 13.1 Å². The molecule has 1 saturated heterocycles. The van der Waals surface area contributed by atoms with Crippen LogP contribution in [0.25, 0.3) is 11.1 Å². The molecule has 0 amide bonds. The fourth-order valence-electron chi connectivity index (χ4n) is 2.50. The van der Waals surface area contributed by atoms with Gasteiger partial charge in [0.05, 0.1) is 6.20 Å². The fraction of sp³-hybridized carbons (Fsp3) is 0.357.